The highest BCUT2D eigenvalue weighted by molar-refractivity contribution is 5.75. The van der Waals surface area contributed by atoms with Gasteiger partial charge in [-0.05, 0) is 26.0 Å². The molecule has 1 aliphatic heterocycles. The molecule has 0 aromatic heterocycles. The fraction of sp³-hybridized carbons (Fsp3) is 0.533. The minimum atomic E-state index is -0.749. The Balaban J connectivity index is 1.98. The van der Waals surface area contributed by atoms with E-state index in [1.807, 2.05) is 7.05 Å². The minimum Gasteiger partial charge on any atom is -0.481 e. The van der Waals surface area contributed by atoms with Gasteiger partial charge in [-0.1, -0.05) is 29.8 Å². The predicted molar refractivity (Wildman–Crippen MR) is 73.0 cm³/mol. The molecule has 1 unspecified atom stereocenters. The lowest BCUT2D eigenvalue weighted by atomic mass is 9.87. The maximum absolute atomic E-state index is 11.4. The molecule has 0 saturated carbocycles. The van der Waals surface area contributed by atoms with Crippen molar-refractivity contribution >= 4 is 5.97 Å². The Bertz CT molecular complexity index is 435. The van der Waals surface area contributed by atoms with Crippen molar-refractivity contribution in [1.82, 2.24) is 4.90 Å². The Morgan fingerprint density at radius 1 is 1.42 bits per heavy atom. The Morgan fingerprint density at radius 3 is 2.63 bits per heavy atom. The highest BCUT2D eigenvalue weighted by Crippen LogP contribution is 2.30. The van der Waals surface area contributed by atoms with Crippen molar-refractivity contribution in [2.75, 3.05) is 26.8 Å². The molecule has 2 rings (SSSR count). The maximum atomic E-state index is 11.4. The number of aryl methyl sites for hydroxylation is 1. The summed E-state index contributed by atoms with van der Waals surface area (Å²) in [6.45, 7) is 4.21. The molecule has 0 bridgehead atoms. The number of carbonyl (C=O) groups is 1. The van der Waals surface area contributed by atoms with E-state index in [0.717, 1.165) is 6.54 Å². The van der Waals surface area contributed by atoms with E-state index in [0.29, 0.717) is 26.2 Å². The first-order valence-corrected chi connectivity index (χ1v) is 6.57. The van der Waals surface area contributed by atoms with Crippen LogP contribution in [0.4, 0.5) is 0 Å². The molecule has 0 radical (unpaired) electrons. The van der Waals surface area contributed by atoms with Crippen molar-refractivity contribution in [2.45, 2.75) is 19.9 Å². The van der Waals surface area contributed by atoms with Crippen molar-refractivity contribution in [3.63, 3.8) is 0 Å². The van der Waals surface area contributed by atoms with Gasteiger partial charge >= 0.3 is 5.97 Å². The summed E-state index contributed by atoms with van der Waals surface area (Å²) in [5.41, 5.74) is 1.70. The van der Waals surface area contributed by atoms with Gasteiger partial charge in [0.15, 0.2) is 0 Å². The van der Waals surface area contributed by atoms with Crippen molar-refractivity contribution in [1.29, 1.82) is 0 Å². The topological polar surface area (TPSA) is 49.8 Å². The number of carboxylic acids is 1. The number of aliphatic carboxylic acids is 1. The summed E-state index contributed by atoms with van der Waals surface area (Å²) in [5, 5.41) is 9.41. The molecule has 1 saturated heterocycles. The number of ether oxygens (including phenoxy) is 1. The highest BCUT2D eigenvalue weighted by atomic mass is 16.5. The molecule has 0 amide bonds. The van der Waals surface area contributed by atoms with Crippen molar-refractivity contribution < 1.29 is 14.6 Å². The van der Waals surface area contributed by atoms with Crippen LogP contribution in [-0.4, -0.2) is 42.8 Å². The van der Waals surface area contributed by atoms with Gasteiger partial charge in [0.1, 0.15) is 5.41 Å². The van der Waals surface area contributed by atoms with Gasteiger partial charge in [0.25, 0.3) is 0 Å². The SMILES string of the molecule is Cc1ccc(CN(C)CC2(C(=O)O)CCOC2)cc1. The molecule has 1 aromatic carbocycles. The van der Waals surface area contributed by atoms with E-state index in [4.69, 9.17) is 4.74 Å². The number of benzene rings is 1. The van der Waals surface area contributed by atoms with Crippen molar-refractivity contribution in [3.8, 4) is 0 Å². The van der Waals surface area contributed by atoms with Crippen LogP contribution in [0.25, 0.3) is 0 Å². The third kappa shape index (κ3) is 3.33. The molecule has 1 aliphatic rings. The fourth-order valence-corrected chi connectivity index (χ4v) is 2.55. The van der Waals surface area contributed by atoms with Gasteiger partial charge in [0.05, 0.1) is 6.61 Å². The fourth-order valence-electron chi connectivity index (χ4n) is 2.55. The standard InChI is InChI=1S/C15H21NO3/c1-12-3-5-13(6-4-12)9-16(2)10-15(14(17)18)7-8-19-11-15/h3-6H,7-11H2,1-2H3,(H,17,18). The third-order valence-electron chi connectivity index (χ3n) is 3.70. The molecular formula is C15H21NO3. The molecule has 19 heavy (non-hydrogen) atoms. The van der Waals surface area contributed by atoms with Gasteiger partial charge in [-0.25, -0.2) is 0 Å². The zero-order valence-corrected chi connectivity index (χ0v) is 11.6. The van der Waals surface area contributed by atoms with Gasteiger partial charge in [-0.3, -0.25) is 4.79 Å². The second-order valence-corrected chi connectivity index (χ2v) is 5.55. The van der Waals surface area contributed by atoms with E-state index in [1.165, 1.54) is 11.1 Å². The van der Waals surface area contributed by atoms with Crippen LogP contribution in [0.3, 0.4) is 0 Å². The minimum absolute atomic E-state index is 0.320. The second kappa shape index (κ2) is 5.72. The smallest absolute Gasteiger partial charge is 0.313 e. The first-order valence-electron chi connectivity index (χ1n) is 6.57. The molecule has 4 heteroatoms. The second-order valence-electron chi connectivity index (χ2n) is 5.55. The molecule has 1 heterocycles. The zero-order valence-electron chi connectivity index (χ0n) is 11.6. The molecule has 0 aliphatic carbocycles. The number of rotatable bonds is 5. The highest BCUT2D eigenvalue weighted by Gasteiger charge is 2.43. The van der Waals surface area contributed by atoms with E-state index in [-0.39, 0.29) is 0 Å². The van der Waals surface area contributed by atoms with Gasteiger partial charge in [0, 0.05) is 19.7 Å². The lowest BCUT2D eigenvalue weighted by Gasteiger charge is -2.28. The quantitative estimate of drug-likeness (QED) is 0.881. The van der Waals surface area contributed by atoms with Crippen LogP contribution in [0.15, 0.2) is 24.3 Å². The average Bonchev–Trinajstić information content (AvgIpc) is 2.82. The number of hydrogen-bond donors (Lipinski definition) is 1. The van der Waals surface area contributed by atoms with Crippen LogP contribution in [0.5, 0.6) is 0 Å². The number of carboxylic acid groups (broad SMARTS) is 1. The summed E-state index contributed by atoms with van der Waals surface area (Å²) >= 11 is 0. The number of nitrogens with zero attached hydrogens (tertiary/aromatic N) is 1. The predicted octanol–water partition coefficient (Wildman–Crippen LogP) is 1.92. The van der Waals surface area contributed by atoms with Crippen LogP contribution >= 0.6 is 0 Å². The number of hydrogen-bond acceptors (Lipinski definition) is 3. The van der Waals surface area contributed by atoms with Crippen molar-refractivity contribution in [2.24, 2.45) is 5.41 Å². The molecule has 1 N–H and O–H groups in total. The maximum Gasteiger partial charge on any atom is 0.313 e. The lowest BCUT2D eigenvalue weighted by molar-refractivity contribution is -0.150. The van der Waals surface area contributed by atoms with E-state index in [9.17, 15) is 9.90 Å². The average molecular weight is 263 g/mol. The van der Waals surface area contributed by atoms with Crippen LogP contribution in [0.2, 0.25) is 0 Å². The summed E-state index contributed by atoms with van der Waals surface area (Å²) in [6, 6.07) is 8.33. The molecular weight excluding hydrogens is 242 g/mol. The van der Waals surface area contributed by atoms with E-state index in [2.05, 4.69) is 36.1 Å². The molecule has 104 valence electrons. The van der Waals surface area contributed by atoms with E-state index >= 15 is 0 Å². The first-order chi connectivity index (χ1) is 9.02. The van der Waals surface area contributed by atoms with Crippen LogP contribution < -0.4 is 0 Å². The van der Waals surface area contributed by atoms with Gasteiger partial charge in [-0.15, -0.1) is 0 Å². The summed E-state index contributed by atoms with van der Waals surface area (Å²) < 4.78 is 5.28. The Labute approximate surface area is 114 Å². The largest absolute Gasteiger partial charge is 0.481 e. The Hall–Kier alpha value is -1.39. The molecule has 1 atom stereocenters. The van der Waals surface area contributed by atoms with Crippen LogP contribution in [0.1, 0.15) is 17.5 Å². The molecule has 1 aromatic rings. The van der Waals surface area contributed by atoms with E-state index < -0.39 is 11.4 Å². The Morgan fingerprint density at radius 2 is 2.11 bits per heavy atom. The zero-order chi connectivity index (χ0) is 13.9. The monoisotopic (exact) mass is 263 g/mol. The van der Waals surface area contributed by atoms with Crippen LogP contribution in [-0.2, 0) is 16.1 Å². The summed E-state index contributed by atoms with van der Waals surface area (Å²) in [6.07, 6.45) is 0.598. The van der Waals surface area contributed by atoms with Gasteiger partial charge in [-0.2, -0.15) is 0 Å². The summed E-state index contributed by atoms with van der Waals surface area (Å²) in [5.74, 6) is -0.749. The molecule has 0 spiro atoms. The van der Waals surface area contributed by atoms with Crippen molar-refractivity contribution in [3.05, 3.63) is 35.4 Å². The summed E-state index contributed by atoms with van der Waals surface area (Å²) in [4.78, 5) is 13.5. The summed E-state index contributed by atoms with van der Waals surface area (Å²) in [7, 11) is 1.96. The first kappa shape index (κ1) is 14.0. The van der Waals surface area contributed by atoms with E-state index in [1.54, 1.807) is 0 Å². The normalized spacial score (nSPS) is 22.9. The Kier molecular flexibility index (Phi) is 4.22. The van der Waals surface area contributed by atoms with Gasteiger partial charge in [0.2, 0.25) is 0 Å². The lowest BCUT2D eigenvalue weighted by Crippen LogP contribution is -2.42. The molecule has 4 nitrogen and oxygen atoms in total. The molecule has 1 fully saturated rings. The van der Waals surface area contributed by atoms with Gasteiger partial charge < -0.3 is 14.7 Å². The third-order valence-corrected chi connectivity index (χ3v) is 3.70. The van der Waals surface area contributed by atoms with Crippen LogP contribution in [0, 0.1) is 12.3 Å².